The van der Waals surface area contributed by atoms with Gasteiger partial charge in [0.2, 0.25) is 0 Å². The first-order valence-corrected chi connectivity index (χ1v) is 4.29. The van der Waals surface area contributed by atoms with Crippen LogP contribution in [0.4, 0.5) is 0 Å². The van der Waals surface area contributed by atoms with Crippen molar-refractivity contribution in [3.05, 3.63) is 12.2 Å². The molecule has 0 amide bonds. The fourth-order valence-electron chi connectivity index (χ4n) is 2.83. The van der Waals surface area contributed by atoms with Crippen LogP contribution in [0.15, 0.2) is 12.2 Å². The predicted molar refractivity (Wildman–Crippen MR) is 40.7 cm³/mol. The highest BCUT2D eigenvalue weighted by Gasteiger charge is 2.60. The first-order valence-electron chi connectivity index (χ1n) is 4.29. The Kier molecular flexibility index (Phi) is 0.791. The Hall–Kier alpha value is -0.300. The normalized spacial score (nSPS) is 56.0. The van der Waals surface area contributed by atoms with Gasteiger partial charge in [0.1, 0.15) is 0 Å². The van der Waals surface area contributed by atoms with Crippen molar-refractivity contribution in [3.63, 3.8) is 0 Å². The van der Waals surface area contributed by atoms with E-state index in [4.69, 9.17) is 0 Å². The summed E-state index contributed by atoms with van der Waals surface area (Å²) in [6.07, 6.45) is 7.63. The molecule has 0 bridgehead atoms. The molecule has 10 heavy (non-hydrogen) atoms. The lowest BCUT2D eigenvalue weighted by atomic mass is 9.84. The lowest BCUT2D eigenvalue weighted by Gasteiger charge is -2.19. The highest BCUT2D eigenvalue weighted by molar-refractivity contribution is 5.22. The van der Waals surface area contributed by atoms with Crippen molar-refractivity contribution in [3.8, 4) is 0 Å². The van der Waals surface area contributed by atoms with E-state index in [1.54, 1.807) is 0 Å². The molecule has 1 aliphatic heterocycles. The third kappa shape index (κ3) is 0.450. The summed E-state index contributed by atoms with van der Waals surface area (Å²) in [5.74, 6) is 1.95. The lowest BCUT2D eigenvalue weighted by Crippen LogP contribution is -2.17. The average Bonchev–Trinajstić information content (AvgIpc) is 2.51. The van der Waals surface area contributed by atoms with E-state index in [-0.39, 0.29) is 0 Å². The monoisotopic (exact) mass is 135 g/mol. The molecule has 1 spiro atoms. The van der Waals surface area contributed by atoms with Crippen molar-refractivity contribution < 1.29 is 0 Å². The van der Waals surface area contributed by atoms with Gasteiger partial charge in [-0.15, -0.1) is 0 Å². The van der Waals surface area contributed by atoms with E-state index in [1.807, 2.05) is 0 Å². The molecule has 54 valence electrons. The van der Waals surface area contributed by atoms with Crippen LogP contribution in [0.2, 0.25) is 0 Å². The summed E-state index contributed by atoms with van der Waals surface area (Å²) in [6, 6.07) is 0. The van der Waals surface area contributed by atoms with Crippen LogP contribution in [0.3, 0.4) is 0 Å². The summed E-state index contributed by atoms with van der Waals surface area (Å²) in [5.41, 5.74) is 0.759. The standard InChI is InChI=1S/C9H13N/c1-2-7-4-9(7)6-10-5-8(9)3-1/h1-2,7-8,10H,3-6H2. The molecular formula is C9H13N. The molecule has 1 heterocycles. The fraction of sp³-hybridized carbons (Fsp3) is 0.778. The number of nitrogens with one attached hydrogen (secondary N) is 1. The summed E-state index contributed by atoms with van der Waals surface area (Å²) in [5, 5.41) is 3.51. The second kappa shape index (κ2) is 1.48. The molecule has 3 unspecified atom stereocenters. The molecule has 1 nitrogen and oxygen atoms in total. The lowest BCUT2D eigenvalue weighted by molar-refractivity contribution is 0.369. The third-order valence-corrected chi connectivity index (χ3v) is 3.63. The minimum absolute atomic E-state index is 0.759. The minimum Gasteiger partial charge on any atom is -0.316 e. The molecule has 0 aromatic carbocycles. The maximum atomic E-state index is 3.51. The number of hydrogen-bond donors (Lipinski definition) is 1. The summed E-state index contributed by atoms with van der Waals surface area (Å²) in [7, 11) is 0. The third-order valence-electron chi connectivity index (χ3n) is 3.63. The second-order valence-electron chi connectivity index (χ2n) is 4.04. The van der Waals surface area contributed by atoms with Crippen molar-refractivity contribution >= 4 is 0 Å². The molecule has 3 rings (SSSR count). The molecule has 1 N–H and O–H groups in total. The Morgan fingerprint density at radius 1 is 1.50 bits per heavy atom. The topological polar surface area (TPSA) is 12.0 Å². The average molecular weight is 135 g/mol. The van der Waals surface area contributed by atoms with Crippen molar-refractivity contribution in [1.29, 1.82) is 0 Å². The molecular weight excluding hydrogens is 122 g/mol. The van der Waals surface area contributed by atoms with E-state index in [0.29, 0.717) is 0 Å². The Morgan fingerprint density at radius 2 is 2.50 bits per heavy atom. The highest BCUT2D eigenvalue weighted by Crippen LogP contribution is 2.62. The highest BCUT2D eigenvalue weighted by atomic mass is 15.0. The quantitative estimate of drug-likeness (QED) is 0.492. The fourth-order valence-corrected chi connectivity index (χ4v) is 2.83. The minimum atomic E-state index is 0.759. The van der Waals surface area contributed by atoms with Gasteiger partial charge in [-0.25, -0.2) is 0 Å². The Morgan fingerprint density at radius 3 is 3.40 bits per heavy atom. The zero-order chi connectivity index (χ0) is 6.60. The summed E-state index contributed by atoms with van der Waals surface area (Å²) in [4.78, 5) is 0. The van der Waals surface area contributed by atoms with Crippen molar-refractivity contribution in [2.75, 3.05) is 13.1 Å². The van der Waals surface area contributed by atoms with E-state index in [1.165, 1.54) is 25.9 Å². The summed E-state index contributed by atoms with van der Waals surface area (Å²) in [6.45, 7) is 2.58. The molecule has 1 heteroatoms. The van der Waals surface area contributed by atoms with Crippen LogP contribution < -0.4 is 5.32 Å². The SMILES string of the molecule is C1=CC2CC23CNCC3C1. The summed E-state index contributed by atoms with van der Waals surface area (Å²) < 4.78 is 0. The number of rotatable bonds is 0. The molecule has 0 aromatic heterocycles. The first-order chi connectivity index (χ1) is 4.92. The van der Waals surface area contributed by atoms with E-state index in [9.17, 15) is 0 Å². The maximum absolute atomic E-state index is 3.51. The Bertz CT molecular complexity index is 197. The molecule has 0 aromatic rings. The van der Waals surface area contributed by atoms with Gasteiger partial charge < -0.3 is 5.32 Å². The second-order valence-corrected chi connectivity index (χ2v) is 4.04. The van der Waals surface area contributed by atoms with Gasteiger partial charge in [0.25, 0.3) is 0 Å². The molecule has 1 saturated carbocycles. The Labute approximate surface area is 61.5 Å². The van der Waals surface area contributed by atoms with Crippen LogP contribution in [0.1, 0.15) is 12.8 Å². The first kappa shape index (κ1) is 5.36. The van der Waals surface area contributed by atoms with Crippen LogP contribution in [-0.2, 0) is 0 Å². The molecule has 1 saturated heterocycles. The molecule has 2 aliphatic carbocycles. The molecule has 3 atom stereocenters. The van der Waals surface area contributed by atoms with Crippen molar-refractivity contribution in [2.24, 2.45) is 17.3 Å². The van der Waals surface area contributed by atoms with Gasteiger partial charge >= 0.3 is 0 Å². The van der Waals surface area contributed by atoms with Crippen molar-refractivity contribution in [2.45, 2.75) is 12.8 Å². The van der Waals surface area contributed by atoms with E-state index < -0.39 is 0 Å². The zero-order valence-electron chi connectivity index (χ0n) is 6.14. The van der Waals surface area contributed by atoms with Gasteiger partial charge in [0.15, 0.2) is 0 Å². The maximum Gasteiger partial charge on any atom is 0.00171 e. The van der Waals surface area contributed by atoms with Gasteiger partial charge in [-0.1, -0.05) is 12.2 Å². The van der Waals surface area contributed by atoms with Crippen LogP contribution in [0.5, 0.6) is 0 Å². The van der Waals surface area contributed by atoms with E-state index in [0.717, 1.165) is 17.3 Å². The van der Waals surface area contributed by atoms with E-state index >= 15 is 0 Å². The number of allylic oxidation sites excluding steroid dienone is 2. The van der Waals surface area contributed by atoms with Gasteiger partial charge in [-0.05, 0) is 36.6 Å². The van der Waals surface area contributed by atoms with Crippen LogP contribution in [-0.4, -0.2) is 13.1 Å². The van der Waals surface area contributed by atoms with Gasteiger partial charge in [0, 0.05) is 6.54 Å². The molecule has 0 radical (unpaired) electrons. The smallest absolute Gasteiger partial charge is 0.00171 e. The van der Waals surface area contributed by atoms with Crippen LogP contribution >= 0.6 is 0 Å². The van der Waals surface area contributed by atoms with Gasteiger partial charge in [0.05, 0.1) is 0 Å². The van der Waals surface area contributed by atoms with Crippen molar-refractivity contribution in [1.82, 2.24) is 5.32 Å². The molecule has 2 fully saturated rings. The largest absolute Gasteiger partial charge is 0.316 e. The zero-order valence-corrected chi connectivity index (χ0v) is 6.14. The van der Waals surface area contributed by atoms with E-state index in [2.05, 4.69) is 17.5 Å². The number of hydrogen-bond acceptors (Lipinski definition) is 1. The summed E-state index contributed by atoms with van der Waals surface area (Å²) >= 11 is 0. The predicted octanol–water partition coefficient (Wildman–Crippen LogP) is 1.17. The van der Waals surface area contributed by atoms with Crippen LogP contribution in [0.25, 0.3) is 0 Å². The van der Waals surface area contributed by atoms with Gasteiger partial charge in [-0.3, -0.25) is 0 Å². The molecule has 3 aliphatic rings. The van der Waals surface area contributed by atoms with Crippen LogP contribution in [0, 0.1) is 17.3 Å². The Balaban J connectivity index is 2.00. The van der Waals surface area contributed by atoms with Gasteiger partial charge in [-0.2, -0.15) is 0 Å².